The summed E-state index contributed by atoms with van der Waals surface area (Å²) in [5.74, 6) is 0. The van der Waals surface area contributed by atoms with Crippen LogP contribution < -0.4 is 22.5 Å². The molecule has 0 saturated carbocycles. The predicted molar refractivity (Wildman–Crippen MR) is 104 cm³/mol. The van der Waals surface area contributed by atoms with E-state index in [1.807, 2.05) is 9.97 Å². The molecule has 2 aliphatic heterocycles. The fraction of sp³-hybridized carbons (Fsp3) is 0.625. The van der Waals surface area contributed by atoms with Crippen molar-refractivity contribution < 1.29 is 40.1 Å². The molecule has 18 nitrogen and oxygen atoms in total. The number of nitrogens with one attached hydrogen (secondary N) is 2. The minimum Gasteiger partial charge on any atom is -0.394 e. The van der Waals surface area contributed by atoms with E-state index >= 15 is 0 Å². The smallest absolute Gasteiger partial charge is 0.347 e. The molecule has 0 bridgehead atoms. The van der Waals surface area contributed by atoms with Crippen molar-refractivity contribution in [3.63, 3.8) is 0 Å². The predicted octanol–water partition coefficient (Wildman–Crippen LogP) is -6.91. The number of hydrogen-bond donors (Lipinski definition) is 8. The molecule has 0 amide bonds. The summed E-state index contributed by atoms with van der Waals surface area (Å²) in [6.45, 7) is -1.01. The topological polar surface area (TPSA) is 275 Å². The van der Waals surface area contributed by atoms with Gasteiger partial charge in [-0.3, -0.25) is 19.6 Å². The third kappa shape index (κ3) is 5.03. The molecule has 188 valence electrons. The minimum absolute atomic E-state index is 0.507. The zero-order valence-corrected chi connectivity index (χ0v) is 17.1. The molecule has 0 aliphatic carbocycles. The third-order valence-corrected chi connectivity index (χ3v) is 4.99. The Balaban J connectivity index is 0.000000191. The maximum Gasteiger partial charge on any atom is 0.347 e. The van der Waals surface area contributed by atoms with E-state index in [2.05, 4.69) is 10.2 Å². The van der Waals surface area contributed by atoms with Crippen molar-refractivity contribution in [3.05, 3.63) is 54.1 Å². The van der Waals surface area contributed by atoms with Crippen molar-refractivity contribution in [1.82, 2.24) is 29.5 Å². The highest BCUT2D eigenvalue weighted by molar-refractivity contribution is 4.89. The van der Waals surface area contributed by atoms with Gasteiger partial charge >= 0.3 is 11.4 Å². The molecule has 0 radical (unpaired) electrons. The van der Waals surface area contributed by atoms with Gasteiger partial charge in [0.05, 0.1) is 13.2 Å². The second-order valence-corrected chi connectivity index (χ2v) is 7.22. The van der Waals surface area contributed by atoms with Crippen molar-refractivity contribution in [2.75, 3.05) is 13.2 Å². The number of ether oxygens (including phenoxy) is 2. The Morgan fingerprint density at radius 2 is 1.06 bits per heavy atom. The van der Waals surface area contributed by atoms with Crippen LogP contribution in [0.5, 0.6) is 0 Å². The molecule has 2 aromatic rings. The van der Waals surface area contributed by atoms with E-state index < -0.39 is 84.8 Å². The van der Waals surface area contributed by atoms with Crippen molar-refractivity contribution in [1.29, 1.82) is 0 Å². The number of aromatic nitrogens is 6. The number of aliphatic hydroxyl groups excluding tert-OH is 6. The Labute approximate surface area is 186 Å². The van der Waals surface area contributed by atoms with Gasteiger partial charge in [0.25, 0.3) is 11.1 Å². The first-order chi connectivity index (χ1) is 16.1. The summed E-state index contributed by atoms with van der Waals surface area (Å²) >= 11 is 0. The van der Waals surface area contributed by atoms with E-state index in [0.717, 1.165) is 12.4 Å². The molecule has 2 saturated heterocycles. The maximum absolute atomic E-state index is 11.4. The molecular formula is C16H22N6O12. The highest BCUT2D eigenvalue weighted by Gasteiger charge is 2.45. The Morgan fingerprint density at radius 1 is 0.706 bits per heavy atom. The molecule has 18 heteroatoms. The molecule has 8 N–H and O–H groups in total. The highest BCUT2D eigenvalue weighted by Crippen LogP contribution is 2.28. The van der Waals surface area contributed by atoms with Gasteiger partial charge in [0, 0.05) is 0 Å². The number of nitrogens with zero attached hydrogens (tertiary/aromatic N) is 4. The lowest BCUT2D eigenvalue weighted by Gasteiger charge is -2.14. The van der Waals surface area contributed by atoms with E-state index in [1.54, 1.807) is 0 Å². The van der Waals surface area contributed by atoms with Gasteiger partial charge in [0.2, 0.25) is 0 Å². The quantitative estimate of drug-likeness (QED) is 0.198. The Bertz CT molecular complexity index is 1110. The molecule has 0 spiro atoms. The Hall–Kier alpha value is -3.10. The van der Waals surface area contributed by atoms with Gasteiger partial charge in [-0.25, -0.2) is 9.59 Å². The first-order valence-corrected chi connectivity index (χ1v) is 9.70. The fourth-order valence-electron chi connectivity index (χ4n) is 3.25. The van der Waals surface area contributed by atoms with Crippen LogP contribution in [0.4, 0.5) is 0 Å². The van der Waals surface area contributed by atoms with Crippen molar-refractivity contribution in [3.8, 4) is 0 Å². The molecule has 2 aliphatic rings. The van der Waals surface area contributed by atoms with Crippen LogP contribution in [0.15, 0.2) is 31.6 Å². The summed E-state index contributed by atoms with van der Waals surface area (Å²) < 4.78 is 11.5. The molecule has 4 rings (SSSR count). The number of rotatable bonds is 4. The summed E-state index contributed by atoms with van der Waals surface area (Å²) in [6, 6.07) is 0. The van der Waals surface area contributed by atoms with Crippen LogP contribution in [0.2, 0.25) is 0 Å². The zero-order valence-electron chi connectivity index (χ0n) is 17.1. The second-order valence-electron chi connectivity index (χ2n) is 7.22. The van der Waals surface area contributed by atoms with Crippen LogP contribution in [0, 0.1) is 0 Å². The molecule has 0 aromatic carbocycles. The molecular weight excluding hydrogens is 468 g/mol. The maximum atomic E-state index is 11.4. The van der Waals surface area contributed by atoms with E-state index in [-0.39, 0.29) is 0 Å². The number of aromatic amines is 2. The molecule has 0 unspecified atom stereocenters. The van der Waals surface area contributed by atoms with E-state index in [9.17, 15) is 39.6 Å². The minimum atomic E-state index is -1.41. The van der Waals surface area contributed by atoms with E-state index in [4.69, 9.17) is 19.7 Å². The lowest BCUT2D eigenvalue weighted by Crippen LogP contribution is -2.39. The monoisotopic (exact) mass is 490 g/mol. The summed E-state index contributed by atoms with van der Waals surface area (Å²) in [4.78, 5) is 48.2. The van der Waals surface area contributed by atoms with Crippen molar-refractivity contribution >= 4 is 0 Å². The lowest BCUT2D eigenvalue weighted by atomic mass is 10.1. The SMILES string of the molecule is O=c1cnn([C@@H]2O[C@H](CO)[C@@H](O)[C@H]2O)c(=O)[nH]1.O=c1cnn([C@@H]2O[C@H](CO)[C@@H](O)[C@H]2O)c(=O)[nH]1. The van der Waals surface area contributed by atoms with Crippen LogP contribution >= 0.6 is 0 Å². The highest BCUT2D eigenvalue weighted by atomic mass is 16.6. The standard InChI is InChI=1S/2C8H11N3O6/c2*12-2-3-5(14)6(15)7(17-3)11-8(16)10-4(13)1-9-11/h2*1,3,5-7,12,14-15H,2H2,(H,10,13,16)/t2*3-,5-,6-,7-/m11/s1. The first-order valence-electron chi connectivity index (χ1n) is 9.70. The van der Waals surface area contributed by atoms with Gasteiger partial charge < -0.3 is 40.1 Å². The molecule has 8 atom stereocenters. The zero-order chi connectivity index (χ0) is 25.2. The lowest BCUT2D eigenvalue weighted by molar-refractivity contribution is -0.0618. The van der Waals surface area contributed by atoms with Crippen molar-refractivity contribution in [2.24, 2.45) is 0 Å². The van der Waals surface area contributed by atoms with E-state index in [1.165, 1.54) is 0 Å². The summed E-state index contributed by atoms with van der Waals surface area (Å²) in [5.41, 5.74) is -3.10. The largest absolute Gasteiger partial charge is 0.394 e. The van der Waals surface area contributed by atoms with Crippen LogP contribution in [0.3, 0.4) is 0 Å². The van der Waals surface area contributed by atoms with Crippen LogP contribution in [-0.4, -0.2) is 110 Å². The van der Waals surface area contributed by atoms with Gasteiger partial charge in [-0.15, -0.1) is 0 Å². The fourth-order valence-corrected chi connectivity index (χ4v) is 3.25. The molecule has 4 heterocycles. The third-order valence-electron chi connectivity index (χ3n) is 4.99. The molecule has 2 fully saturated rings. The Morgan fingerprint density at radius 3 is 1.32 bits per heavy atom. The second kappa shape index (κ2) is 10.4. The van der Waals surface area contributed by atoms with E-state index in [0.29, 0.717) is 9.36 Å². The first kappa shape index (κ1) is 25.5. The number of H-pyrrole nitrogens is 2. The van der Waals surface area contributed by atoms with Gasteiger partial charge in [-0.05, 0) is 0 Å². The normalized spacial score (nSPS) is 32.9. The van der Waals surface area contributed by atoms with Gasteiger partial charge in [-0.2, -0.15) is 19.6 Å². The summed E-state index contributed by atoms with van der Waals surface area (Å²) in [6.07, 6.45) is -8.29. The summed E-state index contributed by atoms with van der Waals surface area (Å²) in [7, 11) is 0. The van der Waals surface area contributed by atoms with Gasteiger partial charge in [0.1, 0.15) is 49.0 Å². The van der Waals surface area contributed by atoms with Gasteiger partial charge in [-0.1, -0.05) is 0 Å². The van der Waals surface area contributed by atoms with Crippen LogP contribution in [0.25, 0.3) is 0 Å². The number of aliphatic hydroxyl groups is 6. The van der Waals surface area contributed by atoms with Gasteiger partial charge in [0.15, 0.2) is 12.5 Å². The number of hydrogen-bond acceptors (Lipinski definition) is 14. The average Bonchev–Trinajstić information content (AvgIpc) is 3.24. The van der Waals surface area contributed by atoms with Crippen LogP contribution in [0.1, 0.15) is 12.5 Å². The molecule has 34 heavy (non-hydrogen) atoms. The van der Waals surface area contributed by atoms with Crippen LogP contribution in [-0.2, 0) is 9.47 Å². The Kier molecular flexibility index (Phi) is 7.84. The van der Waals surface area contributed by atoms with Crippen molar-refractivity contribution in [2.45, 2.75) is 49.1 Å². The summed E-state index contributed by atoms with van der Waals surface area (Å²) in [5, 5.41) is 63.0. The molecule has 2 aromatic heterocycles. The average molecular weight is 490 g/mol.